The van der Waals surface area contributed by atoms with Crippen LogP contribution in [0.25, 0.3) is 0 Å². The highest BCUT2D eigenvalue weighted by molar-refractivity contribution is 7.89. The predicted molar refractivity (Wildman–Crippen MR) is 107 cm³/mol. The number of hydrogen-bond acceptors (Lipinski definition) is 6. The fourth-order valence-corrected chi connectivity index (χ4v) is 5.94. The van der Waals surface area contributed by atoms with Gasteiger partial charge in [-0.25, -0.2) is 8.42 Å². The molecule has 29 heavy (non-hydrogen) atoms. The van der Waals surface area contributed by atoms with Crippen molar-refractivity contribution in [3.05, 3.63) is 29.3 Å². The maximum atomic E-state index is 13.2. The van der Waals surface area contributed by atoms with Crippen LogP contribution in [0.5, 0.6) is 5.75 Å². The fraction of sp³-hybridized carbons (Fsp3) is 0.550. The number of likely N-dealkylation sites (N-methyl/N-ethyl adjacent to an activating group) is 1. The van der Waals surface area contributed by atoms with E-state index in [4.69, 9.17) is 9.47 Å². The highest BCUT2D eigenvalue weighted by Crippen LogP contribution is 2.36. The molecule has 1 saturated heterocycles. The first kappa shape index (κ1) is 18.9. The maximum Gasteiger partial charge on any atom is 0.252 e. The first-order chi connectivity index (χ1) is 13.9. The van der Waals surface area contributed by atoms with Crippen LogP contribution in [-0.2, 0) is 19.6 Å². The van der Waals surface area contributed by atoms with E-state index in [1.807, 2.05) is 11.9 Å². The summed E-state index contributed by atoms with van der Waals surface area (Å²) in [6.07, 6.45) is 1.37. The molecule has 5 rings (SSSR count). The molecule has 8 nitrogen and oxygen atoms in total. The Morgan fingerprint density at radius 1 is 1.10 bits per heavy atom. The summed E-state index contributed by atoms with van der Waals surface area (Å²) >= 11 is 0. The van der Waals surface area contributed by atoms with E-state index in [2.05, 4.69) is 0 Å². The minimum Gasteiger partial charge on any atom is -0.490 e. The molecule has 0 radical (unpaired) electrons. The molecule has 0 unspecified atom stereocenters. The van der Waals surface area contributed by atoms with E-state index < -0.39 is 10.0 Å². The van der Waals surface area contributed by atoms with Gasteiger partial charge in [0.25, 0.3) is 5.91 Å². The van der Waals surface area contributed by atoms with Crippen molar-refractivity contribution in [2.75, 3.05) is 57.9 Å². The lowest BCUT2D eigenvalue weighted by molar-refractivity contribution is -0.139. The molecule has 156 valence electrons. The molecule has 0 aliphatic carbocycles. The summed E-state index contributed by atoms with van der Waals surface area (Å²) in [4.78, 5) is 16.7. The quantitative estimate of drug-likeness (QED) is 0.676. The van der Waals surface area contributed by atoms with Gasteiger partial charge in [0.1, 0.15) is 18.5 Å². The van der Waals surface area contributed by atoms with Crippen molar-refractivity contribution < 1.29 is 22.7 Å². The lowest BCUT2D eigenvalue weighted by Crippen LogP contribution is -2.40. The van der Waals surface area contributed by atoms with E-state index in [-0.39, 0.29) is 16.9 Å². The molecule has 0 bridgehead atoms. The number of rotatable bonds is 3. The average molecular weight is 420 g/mol. The summed E-state index contributed by atoms with van der Waals surface area (Å²) in [7, 11) is -1.68. The minimum atomic E-state index is -3.61. The summed E-state index contributed by atoms with van der Waals surface area (Å²) < 4.78 is 39.1. The predicted octanol–water partition coefficient (Wildman–Crippen LogP) is 0.837. The summed E-state index contributed by atoms with van der Waals surface area (Å²) in [5.74, 6) is 0.743. The maximum absolute atomic E-state index is 13.2. The number of anilines is 1. The molecule has 4 aliphatic rings. The van der Waals surface area contributed by atoms with Crippen molar-refractivity contribution in [2.24, 2.45) is 0 Å². The third-order valence-corrected chi connectivity index (χ3v) is 7.97. The summed E-state index contributed by atoms with van der Waals surface area (Å²) in [6, 6.07) is 5.04. The molecule has 0 N–H and O–H groups in total. The number of benzene rings is 1. The van der Waals surface area contributed by atoms with Crippen molar-refractivity contribution in [2.45, 2.75) is 23.8 Å². The van der Waals surface area contributed by atoms with Gasteiger partial charge >= 0.3 is 0 Å². The van der Waals surface area contributed by atoms with E-state index >= 15 is 0 Å². The third kappa shape index (κ3) is 3.21. The highest BCUT2D eigenvalue weighted by Gasteiger charge is 2.39. The number of carbonyl (C=O) groups is 1. The van der Waals surface area contributed by atoms with Gasteiger partial charge in [-0.05, 0) is 42.2 Å². The van der Waals surface area contributed by atoms with Crippen LogP contribution in [0.1, 0.15) is 12.8 Å². The van der Waals surface area contributed by atoms with E-state index in [9.17, 15) is 13.2 Å². The molecule has 1 aromatic carbocycles. The highest BCUT2D eigenvalue weighted by atomic mass is 32.2. The van der Waals surface area contributed by atoms with Crippen molar-refractivity contribution in [3.63, 3.8) is 0 Å². The van der Waals surface area contributed by atoms with Crippen LogP contribution >= 0.6 is 0 Å². The number of nitrogens with zero attached hydrogens (tertiary/aromatic N) is 3. The molecular formula is C20H25N3O5S. The molecule has 4 heterocycles. The van der Waals surface area contributed by atoms with Crippen LogP contribution in [0, 0.1) is 0 Å². The van der Waals surface area contributed by atoms with Gasteiger partial charge in [0.05, 0.1) is 17.1 Å². The van der Waals surface area contributed by atoms with Crippen LogP contribution in [0.15, 0.2) is 34.2 Å². The van der Waals surface area contributed by atoms with Gasteiger partial charge in [0.15, 0.2) is 0 Å². The second-order valence-corrected chi connectivity index (χ2v) is 10.0. The molecular weight excluding hydrogens is 394 g/mol. The van der Waals surface area contributed by atoms with Crippen LogP contribution < -0.4 is 9.64 Å². The van der Waals surface area contributed by atoms with Crippen LogP contribution in [-0.4, -0.2) is 82.6 Å². The van der Waals surface area contributed by atoms with Gasteiger partial charge in [-0.1, -0.05) is 0 Å². The first-order valence-corrected chi connectivity index (χ1v) is 11.5. The van der Waals surface area contributed by atoms with Gasteiger partial charge in [0.2, 0.25) is 10.0 Å². The molecule has 0 saturated carbocycles. The Kier molecular flexibility index (Phi) is 4.56. The Morgan fingerprint density at radius 3 is 2.55 bits per heavy atom. The van der Waals surface area contributed by atoms with Crippen molar-refractivity contribution >= 4 is 21.6 Å². The zero-order chi connectivity index (χ0) is 20.2. The van der Waals surface area contributed by atoms with Gasteiger partial charge in [-0.3, -0.25) is 4.79 Å². The van der Waals surface area contributed by atoms with Gasteiger partial charge in [-0.15, -0.1) is 0 Å². The number of sulfonamides is 1. The van der Waals surface area contributed by atoms with Crippen molar-refractivity contribution in [1.82, 2.24) is 9.21 Å². The van der Waals surface area contributed by atoms with Crippen LogP contribution in [0.2, 0.25) is 0 Å². The lowest BCUT2D eigenvalue weighted by atomic mass is 10.2. The van der Waals surface area contributed by atoms with Crippen LogP contribution in [0.4, 0.5) is 5.69 Å². The van der Waals surface area contributed by atoms with Crippen molar-refractivity contribution in [3.8, 4) is 5.75 Å². The SMILES string of the molecule is CN1CCOc2ccc(S(=O)(=O)N3CC4=C(CN(C(=O)[C@@H]5CCCO5)C4)C3)cc21. The summed E-state index contributed by atoms with van der Waals surface area (Å²) in [5, 5.41) is 0. The average Bonchev–Trinajstić information content (AvgIpc) is 3.44. The number of ether oxygens (including phenoxy) is 2. The normalized spacial score (nSPS) is 24.7. The summed E-state index contributed by atoms with van der Waals surface area (Å²) in [5.41, 5.74) is 2.88. The number of hydrogen-bond donors (Lipinski definition) is 0. The number of fused-ring (bicyclic) bond motifs is 1. The van der Waals surface area contributed by atoms with E-state index in [0.717, 1.165) is 36.2 Å². The standard InChI is InChI=1S/C20H25N3O5S/c1-21-6-8-28-18-5-4-16(9-17(18)21)29(25,26)23-12-14-10-22(11-15(14)13-23)20(24)19-3-2-7-27-19/h4-5,9,19H,2-3,6-8,10-13H2,1H3/t19-/m0/s1. The molecule has 0 aromatic heterocycles. The zero-order valence-electron chi connectivity index (χ0n) is 16.5. The monoisotopic (exact) mass is 419 g/mol. The molecule has 1 amide bonds. The second kappa shape index (κ2) is 7.00. The van der Waals surface area contributed by atoms with E-state index in [1.54, 1.807) is 23.1 Å². The minimum absolute atomic E-state index is 0.0315. The third-order valence-electron chi connectivity index (χ3n) is 6.18. The van der Waals surface area contributed by atoms with Gasteiger partial charge in [-0.2, -0.15) is 4.31 Å². The lowest BCUT2D eigenvalue weighted by Gasteiger charge is -2.28. The van der Waals surface area contributed by atoms with E-state index in [0.29, 0.717) is 45.1 Å². The second-order valence-electron chi connectivity index (χ2n) is 8.08. The summed E-state index contributed by atoms with van der Waals surface area (Å²) in [6.45, 7) is 3.66. The van der Waals surface area contributed by atoms with Gasteiger partial charge in [0, 0.05) is 39.8 Å². The molecule has 1 atom stereocenters. The molecule has 4 aliphatic heterocycles. The Hall–Kier alpha value is -2.10. The first-order valence-electron chi connectivity index (χ1n) is 10.0. The van der Waals surface area contributed by atoms with Gasteiger partial charge < -0.3 is 19.3 Å². The smallest absolute Gasteiger partial charge is 0.252 e. The Balaban J connectivity index is 1.29. The topological polar surface area (TPSA) is 79.4 Å². The molecule has 9 heteroatoms. The number of amides is 1. The van der Waals surface area contributed by atoms with E-state index in [1.165, 1.54) is 4.31 Å². The zero-order valence-corrected chi connectivity index (χ0v) is 17.3. The van der Waals surface area contributed by atoms with Crippen LogP contribution in [0.3, 0.4) is 0 Å². The molecule has 1 aromatic rings. The van der Waals surface area contributed by atoms with Crippen molar-refractivity contribution in [1.29, 1.82) is 0 Å². The Labute approximate surface area is 170 Å². The molecule has 0 spiro atoms. The Morgan fingerprint density at radius 2 is 1.86 bits per heavy atom. The molecule has 1 fully saturated rings. The largest absolute Gasteiger partial charge is 0.490 e. The fourth-order valence-electron chi connectivity index (χ4n) is 4.49. The number of carbonyl (C=O) groups excluding carboxylic acids is 1. The Bertz CT molecular complexity index is 966.